The molecule has 0 saturated carbocycles. The van der Waals surface area contributed by atoms with Crippen LogP contribution >= 0.6 is 0 Å². The van der Waals surface area contributed by atoms with Crippen LogP contribution < -0.4 is 0 Å². The number of rotatable bonds is 3. The van der Waals surface area contributed by atoms with Crippen molar-refractivity contribution in [1.82, 2.24) is 4.98 Å². The molecule has 2 N–H and O–H groups in total. The van der Waals surface area contributed by atoms with Crippen molar-refractivity contribution in [3.8, 4) is 0 Å². The van der Waals surface area contributed by atoms with E-state index >= 15 is 0 Å². The molecule has 2 atom stereocenters. The molecule has 1 aromatic carbocycles. The quantitative estimate of drug-likeness (QED) is 0.890. The Kier molecular flexibility index (Phi) is 3.88. The number of hydrogen-bond acceptors (Lipinski definition) is 3. The minimum atomic E-state index is -0.772. The molecule has 0 spiro atoms. The van der Waals surface area contributed by atoms with Crippen LogP contribution in [0.1, 0.15) is 26.3 Å². The highest BCUT2D eigenvalue weighted by Gasteiger charge is 2.29. The number of aliphatic hydroxyl groups excluding tert-OH is 2. The van der Waals surface area contributed by atoms with Crippen molar-refractivity contribution in [2.24, 2.45) is 5.41 Å². The fourth-order valence-electron chi connectivity index (χ4n) is 2.25. The lowest BCUT2D eigenvalue weighted by molar-refractivity contribution is -0.0432. The molecule has 102 valence electrons. The zero-order valence-corrected chi connectivity index (χ0v) is 11.7. The molecule has 0 fully saturated rings. The molecule has 2 unspecified atom stereocenters. The third kappa shape index (κ3) is 3.11. The Labute approximate surface area is 113 Å². The highest BCUT2D eigenvalue weighted by Crippen LogP contribution is 2.25. The molecule has 1 heterocycles. The SMILES string of the molecule is CC(C)(C)C(O)C(O)Cc1ccnc2ccccc12. The van der Waals surface area contributed by atoms with Gasteiger partial charge in [0.15, 0.2) is 0 Å². The van der Waals surface area contributed by atoms with E-state index in [1.165, 1.54) is 0 Å². The number of para-hydroxylation sites is 1. The van der Waals surface area contributed by atoms with Gasteiger partial charge in [0.25, 0.3) is 0 Å². The minimum absolute atomic E-state index is 0.331. The first-order valence-corrected chi connectivity index (χ1v) is 6.58. The first-order valence-electron chi connectivity index (χ1n) is 6.58. The Morgan fingerprint density at radius 2 is 1.79 bits per heavy atom. The van der Waals surface area contributed by atoms with E-state index in [0.29, 0.717) is 6.42 Å². The van der Waals surface area contributed by atoms with E-state index in [4.69, 9.17) is 0 Å². The standard InChI is InChI=1S/C16H21NO2/c1-16(2,3)15(19)14(18)10-11-8-9-17-13-7-5-4-6-12(11)13/h4-9,14-15,18-19H,10H2,1-3H3. The molecule has 0 saturated heterocycles. The van der Waals surface area contributed by atoms with Crippen LogP contribution in [0, 0.1) is 5.41 Å². The number of aliphatic hydroxyl groups is 2. The lowest BCUT2D eigenvalue weighted by atomic mass is 9.84. The zero-order valence-electron chi connectivity index (χ0n) is 11.7. The van der Waals surface area contributed by atoms with E-state index in [1.807, 2.05) is 51.1 Å². The van der Waals surface area contributed by atoms with Gasteiger partial charge in [-0.3, -0.25) is 4.98 Å². The average Bonchev–Trinajstić information content (AvgIpc) is 2.37. The van der Waals surface area contributed by atoms with Gasteiger partial charge in [-0.25, -0.2) is 0 Å². The van der Waals surface area contributed by atoms with Crippen LogP contribution in [0.25, 0.3) is 10.9 Å². The smallest absolute Gasteiger partial charge is 0.0850 e. The van der Waals surface area contributed by atoms with Gasteiger partial charge in [-0.2, -0.15) is 0 Å². The summed E-state index contributed by atoms with van der Waals surface area (Å²) in [5.41, 5.74) is 1.60. The summed E-state index contributed by atoms with van der Waals surface area (Å²) in [6, 6.07) is 9.75. The fraction of sp³-hybridized carbons (Fsp3) is 0.438. The molecule has 0 aliphatic rings. The second-order valence-electron chi connectivity index (χ2n) is 6.07. The van der Waals surface area contributed by atoms with Gasteiger partial charge in [-0.1, -0.05) is 39.0 Å². The zero-order chi connectivity index (χ0) is 14.0. The summed E-state index contributed by atoms with van der Waals surface area (Å²) in [7, 11) is 0. The van der Waals surface area contributed by atoms with Gasteiger partial charge in [-0.05, 0) is 23.1 Å². The van der Waals surface area contributed by atoms with Crippen molar-refractivity contribution in [1.29, 1.82) is 0 Å². The normalized spacial score (nSPS) is 15.4. The van der Waals surface area contributed by atoms with Crippen LogP contribution in [0.2, 0.25) is 0 Å². The lowest BCUT2D eigenvalue weighted by Crippen LogP contribution is -2.38. The molecule has 0 aliphatic carbocycles. The third-order valence-corrected chi connectivity index (χ3v) is 3.42. The van der Waals surface area contributed by atoms with Crippen LogP contribution in [0.3, 0.4) is 0 Å². The van der Waals surface area contributed by atoms with Crippen molar-refractivity contribution >= 4 is 10.9 Å². The van der Waals surface area contributed by atoms with E-state index in [2.05, 4.69) is 4.98 Å². The summed E-state index contributed by atoms with van der Waals surface area (Å²) in [4.78, 5) is 4.30. The second-order valence-corrected chi connectivity index (χ2v) is 6.07. The Hall–Kier alpha value is -1.45. The number of benzene rings is 1. The van der Waals surface area contributed by atoms with Crippen LogP contribution in [0.5, 0.6) is 0 Å². The predicted octanol–water partition coefficient (Wildman–Crippen LogP) is 2.55. The Morgan fingerprint density at radius 1 is 1.11 bits per heavy atom. The van der Waals surface area contributed by atoms with Gasteiger partial charge >= 0.3 is 0 Å². The van der Waals surface area contributed by atoms with E-state index in [1.54, 1.807) is 6.20 Å². The van der Waals surface area contributed by atoms with Crippen LogP contribution in [0.4, 0.5) is 0 Å². The molecule has 2 rings (SSSR count). The van der Waals surface area contributed by atoms with Crippen molar-refractivity contribution in [2.45, 2.75) is 39.4 Å². The number of nitrogens with zero attached hydrogens (tertiary/aromatic N) is 1. The number of hydrogen-bond donors (Lipinski definition) is 2. The maximum absolute atomic E-state index is 10.2. The Morgan fingerprint density at radius 3 is 2.47 bits per heavy atom. The molecular weight excluding hydrogens is 238 g/mol. The van der Waals surface area contributed by atoms with Crippen molar-refractivity contribution in [2.75, 3.05) is 0 Å². The molecule has 19 heavy (non-hydrogen) atoms. The number of pyridine rings is 1. The molecule has 3 nitrogen and oxygen atoms in total. The summed E-state index contributed by atoms with van der Waals surface area (Å²) in [5.74, 6) is 0. The van der Waals surface area contributed by atoms with Gasteiger partial charge in [-0.15, -0.1) is 0 Å². The van der Waals surface area contributed by atoms with E-state index in [-0.39, 0.29) is 5.41 Å². The highest BCUT2D eigenvalue weighted by molar-refractivity contribution is 5.81. The van der Waals surface area contributed by atoms with Crippen molar-refractivity contribution in [3.63, 3.8) is 0 Å². The number of fused-ring (bicyclic) bond motifs is 1. The summed E-state index contributed by atoms with van der Waals surface area (Å²) >= 11 is 0. The maximum atomic E-state index is 10.2. The third-order valence-electron chi connectivity index (χ3n) is 3.42. The lowest BCUT2D eigenvalue weighted by Gasteiger charge is -2.30. The van der Waals surface area contributed by atoms with E-state index in [0.717, 1.165) is 16.5 Å². The summed E-state index contributed by atoms with van der Waals surface area (Å²) < 4.78 is 0. The van der Waals surface area contributed by atoms with Gasteiger partial charge < -0.3 is 10.2 Å². The van der Waals surface area contributed by atoms with Gasteiger partial charge in [0.05, 0.1) is 17.7 Å². The van der Waals surface area contributed by atoms with Crippen LogP contribution in [-0.2, 0) is 6.42 Å². The minimum Gasteiger partial charge on any atom is -0.390 e. The van der Waals surface area contributed by atoms with Crippen molar-refractivity contribution < 1.29 is 10.2 Å². The molecule has 0 bridgehead atoms. The molecule has 0 aliphatic heterocycles. The Bertz CT molecular complexity index is 555. The number of aromatic nitrogens is 1. The van der Waals surface area contributed by atoms with Gasteiger partial charge in [0, 0.05) is 18.0 Å². The van der Waals surface area contributed by atoms with Gasteiger partial charge in [0.1, 0.15) is 0 Å². The van der Waals surface area contributed by atoms with Crippen molar-refractivity contribution in [3.05, 3.63) is 42.1 Å². The summed E-state index contributed by atoms with van der Waals surface area (Å²) in [6.45, 7) is 5.77. The van der Waals surface area contributed by atoms with Crippen LogP contribution in [0.15, 0.2) is 36.5 Å². The Balaban J connectivity index is 2.27. The molecular formula is C16H21NO2. The summed E-state index contributed by atoms with van der Waals surface area (Å²) in [5, 5.41) is 21.4. The topological polar surface area (TPSA) is 53.4 Å². The average molecular weight is 259 g/mol. The van der Waals surface area contributed by atoms with Crippen LogP contribution in [-0.4, -0.2) is 27.4 Å². The monoisotopic (exact) mass is 259 g/mol. The molecule has 0 radical (unpaired) electrons. The van der Waals surface area contributed by atoms with Gasteiger partial charge in [0.2, 0.25) is 0 Å². The highest BCUT2D eigenvalue weighted by atomic mass is 16.3. The van der Waals surface area contributed by atoms with E-state index < -0.39 is 12.2 Å². The largest absolute Gasteiger partial charge is 0.390 e. The maximum Gasteiger partial charge on any atom is 0.0850 e. The second kappa shape index (κ2) is 5.27. The fourth-order valence-corrected chi connectivity index (χ4v) is 2.25. The summed E-state index contributed by atoms with van der Waals surface area (Å²) in [6.07, 6.45) is 0.653. The first kappa shape index (κ1) is 14.0. The van der Waals surface area contributed by atoms with E-state index in [9.17, 15) is 10.2 Å². The molecule has 0 amide bonds. The predicted molar refractivity (Wildman–Crippen MR) is 76.9 cm³/mol. The molecule has 3 heteroatoms. The molecule has 2 aromatic rings. The first-order chi connectivity index (χ1) is 8.89. The molecule has 1 aromatic heterocycles.